The molecular formula is C10H10N4O3. The zero-order valence-corrected chi connectivity index (χ0v) is 9.11. The van der Waals surface area contributed by atoms with Crippen LogP contribution < -0.4 is 0 Å². The van der Waals surface area contributed by atoms with Crippen LogP contribution in [0, 0.1) is 10.1 Å². The minimum absolute atomic E-state index is 0.201. The van der Waals surface area contributed by atoms with Crippen molar-refractivity contribution in [2.24, 2.45) is 0 Å². The van der Waals surface area contributed by atoms with Crippen LogP contribution in [0.4, 0.5) is 0 Å². The first-order valence-electron chi connectivity index (χ1n) is 4.72. The van der Waals surface area contributed by atoms with Crippen LogP contribution in [-0.2, 0) is 11.3 Å². The Labute approximate surface area is 97.0 Å². The lowest BCUT2D eigenvalue weighted by molar-refractivity contribution is -0.382. The average molecular weight is 234 g/mol. The average Bonchev–Trinajstić information content (AvgIpc) is 2.30. The van der Waals surface area contributed by atoms with Crippen LogP contribution in [0.25, 0.3) is 5.53 Å². The Morgan fingerprint density at radius 3 is 2.53 bits per heavy atom. The Morgan fingerprint density at radius 1 is 1.47 bits per heavy atom. The molecule has 0 aliphatic rings. The van der Waals surface area contributed by atoms with E-state index in [2.05, 4.69) is 4.79 Å². The van der Waals surface area contributed by atoms with Gasteiger partial charge in [-0.3, -0.25) is 14.9 Å². The van der Waals surface area contributed by atoms with Crippen molar-refractivity contribution in [2.75, 3.05) is 7.05 Å². The molecule has 0 radical (unpaired) electrons. The number of hydrogen-bond acceptors (Lipinski definition) is 3. The summed E-state index contributed by atoms with van der Waals surface area (Å²) < 4.78 is 0. The molecule has 0 spiro atoms. The maximum absolute atomic E-state index is 11.5. The first-order chi connectivity index (χ1) is 8.06. The number of nitro groups is 1. The second-order valence-electron chi connectivity index (χ2n) is 3.33. The third kappa shape index (κ3) is 3.22. The molecule has 0 fully saturated rings. The number of carbonyl (C=O) groups is 1. The van der Waals surface area contributed by atoms with Gasteiger partial charge in [-0.1, -0.05) is 35.1 Å². The van der Waals surface area contributed by atoms with E-state index in [9.17, 15) is 14.9 Å². The Bertz CT molecular complexity index is 480. The lowest BCUT2D eigenvalue weighted by Crippen LogP contribution is -2.37. The summed E-state index contributed by atoms with van der Waals surface area (Å²) in [5.41, 5.74) is 9.20. The molecule has 0 bridgehead atoms. The number of amidine groups is 1. The smallest absolute Gasteiger partial charge is 0.354 e. The van der Waals surface area contributed by atoms with Crippen molar-refractivity contribution >= 4 is 11.7 Å². The molecular weight excluding hydrogens is 224 g/mol. The summed E-state index contributed by atoms with van der Waals surface area (Å²) >= 11 is 0. The number of likely N-dealkylation sites (N-methyl/N-ethyl adjacent to an activating group) is 1. The summed E-state index contributed by atoms with van der Waals surface area (Å²) in [5.74, 6) is -2.04. The van der Waals surface area contributed by atoms with E-state index in [-0.39, 0.29) is 6.54 Å². The van der Waals surface area contributed by atoms with Gasteiger partial charge in [0.05, 0.1) is 0 Å². The van der Waals surface area contributed by atoms with Gasteiger partial charge in [0.25, 0.3) is 0 Å². The molecule has 1 rings (SSSR count). The van der Waals surface area contributed by atoms with Gasteiger partial charge in [-0.05, 0) is 5.56 Å². The van der Waals surface area contributed by atoms with E-state index in [1.165, 1.54) is 7.05 Å². The number of amides is 1. The number of rotatable bonds is 2. The summed E-state index contributed by atoms with van der Waals surface area (Å²) in [7, 11) is 1.39. The normalized spacial score (nSPS) is 9.24. The Hall–Kier alpha value is -2.53. The molecule has 0 N–H and O–H groups in total. The highest BCUT2D eigenvalue weighted by molar-refractivity contribution is 6.31. The van der Waals surface area contributed by atoms with Crippen molar-refractivity contribution in [3.63, 3.8) is 0 Å². The van der Waals surface area contributed by atoms with Crippen molar-refractivity contribution in [3.05, 3.63) is 51.5 Å². The predicted octanol–water partition coefficient (Wildman–Crippen LogP) is 0.550. The summed E-state index contributed by atoms with van der Waals surface area (Å²) in [6, 6.07) is 8.98. The fourth-order valence-corrected chi connectivity index (χ4v) is 1.26. The molecule has 1 amide bonds. The summed E-state index contributed by atoms with van der Waals surface area (Å²) in [6.45, 7) is 0.201. The van der Waals surface area contributed by atoms with Gasteiger partial charge in [-0.15, -0.1) is 0 Å². The highest BCUT2D eigenvalue weighted by Crippen LogP contribution is 2.03. The van der Waals surface area contributed by atoms with Crippen LogP contribution in [0.15, 0.2) is 30.3 Å². The Kier molecular flexibility index (Phi) is 4.08. The second kappa shape index (κ2) is 5.53. The molecule has 0 aromatic heterocycles. The van der Waals surface area contributed by atoms with E-state index in [0.717, 1.165) is 10.5 Å². The summed E-state index contributed by atoms with van der Waals surface area (Å²) in [6.07, 6.45) is 0. The first-order valence-corrected chi connectivity index (χ1v) is 4.72. The molecule has 0 heterocycles. The molecule has 1 aromatic rings. The molecule has 7 nitrogen and oxygen atoms in total. The van der Waals surface area contributed by atoms with E-state index in [0.29, 0.717) is 0 Å². The van der Waals surface area contributed by atoms with Crippen LogP contribution in [-0.4, -0.2) is 33.4 Å². The number of nitrogens with zero attached hydrogens (tertiary/aromatic N) is 4. The van der Waals surface area contributed by atoms with E-state index in [1.54, 1.807) is 24.3 Å². The highest BCUT2D eigenvalue weighted by Gasteiger charge is 2.37. The van der Waals surface area contributed by atoms with Crippen LogP contribution in [0.2, 0.25) is 0 Å². The van der Waals surface area contributed by atoms with Gasteiger partial charge in [0.1, 0.15) is 0 Å². The van der Waals surface area contributed by atoms with Gasteiger partial charge in [0, 0.05) is 13.6 Å². The minimum atomic E-state index is -1.09. The minimum Gasteiger partial charge on any atom is -0.354 e. The SMILES string of the molecule is CN(Cc1ccccc1)C(=O)C(=[N+]=[N-])[N+](=O)[O-]. The fraction of sp³-hybridized carbons (Fsp3) is 0.200. The van der Waals surface area contributed by atoms with Gasteiger partial charge in [-0.2, -0.15) is 0 Å². The Balaban J connectivity index is 2.78. The zero-order chi connectivity index (χ0) is 12.8. The quantitative estimate of drug-likeness (QED) is 0.186. The molecule has 17 heavy (non-hydrogen) atoms. The molecule has 0 saturated carbocycles. The molecule has 0 unspecified atom stereocenters. The van der Waals surface area contributed by atoms with Crippen LogP contribution in [0.5, 0.6) is 0 Å². The van der Waals surface area contributed by atoms with Gasteiger partial charge in [-0.25, -0.2) is 0 Å². The highest BCUT2D eigenvalue weighted by atomic mass is 16.6. The standard InChI is InChI=1S/C10H10N4O3/c1-13(7-8-5-3-2-4-6-8)10(15)9(12-11)14(16)17/h2-6H,7H2,1H3. The van der Waals surface area contributed by atoms with Gasteiger partial charge in [0.15, 0.2) is 4.92 Å². The van der Waals surface area contributed by atoms with Gasteiger partial charge < -0.3 is 10.4 Å². The lowest BCUT2D eigenvalue weighted by atomic mass is 10.2. The molecule has 0 saturated heterocycles. The number of benzene rings is 1. The van der Waals surface area contributed by atoms with Crippen LogP contribution in [0.3, 0.4) is 0 Å². The van der Waals surface area contributed by atoms with Gasteiger partial charge >= 0.3 is 11.7 Å². The van der Waals surface area contributed by atoms with Crippen molar-refractivity contribution in [3.8, 4) is 0 Å². The molecule has 0 atom stereocenters. The zero-order valence-electron chi connectivity index (χ0n) is 9.11. The number of hydrogen-bond donors (Lipinski definition) is 0. The molecule has 0 aliphatic heterocycles. The van der Waals surface area contributed by atoms with Crippen molar-refractivity contribution in [1.29, 1.82) is 0 Å². The Morgan fingerprint density at radius 2 is 2.06 bits per heavy atom. The summed E-state index contributed by atoms with van der Waals surface area (Å²) in [4.78, 5) is 24.4. The predicted molar refractivity (Wildman–Crippen MR) is 58.5 cm³/mol. The third-order valence-corrected chi connectivity index (χ3v) is 2.07. The van der Waals surface area contributed by atoms with Crippen LogP contribution in [0.1, 0.15) is 5.56 Å². The first kappa shape index (κ1) is 12.5. The largest absolute Gasteiger partial charge is 0.669 e. The second-order valence-corrected chi connectivity index (χ2v) is 3.33. The third-order valence-electron chi connectivity index (χ3n) is 2.07. The lowest BCUT2D eigenvalue weighted by Gasteiger charge is -2.11. The molecule has 0 aliphatic carbocycles. The molecule has 1 aromatic carbocycles. The molecule has 7 heteroatoms. The van der Waals surface area contributed by atoms with Crippen LogP contribution >= 0.6 is 0 Å². The van der Waals surface area contributed by atoms with E-state index >= 15 is 0 Å². The van der Waals surface area contributed by atoms with E-state index in [4.69, 9.17) is 5.53 Å². The van der Waals surface area contributed by atoms with Crippen molar-refractivity contribution < 1.29 is 14.5 Å². The maximum atomic E-state index is 11.5. The monoisotopic (exact) mass is 234 g/mol. The van der Waals surface area contributed by atoms with Gasteiger partial charge in [0.2, 0.25) is 0 Å². The topological polar surface area (TPSA) is 99.9 Å². The van der Waals surface area contributed by atoms with Crippen molar-refractivity contribution in [2.45, 2.75) is 6.54 Å². The van der Waals surface area contributed by atoms with E-state index in [1.807, 2.05) is 6.07 Å². The number of carbonyl (C=O) groups excluding carboxylic acids is 1. The molecule has 88 valence electrons. The fourth-order valence-electron chi connectivity index (χ4n) is 1.26. The van der Waals surface area contributed by atoms with E-state index < -0.39 is 16.7 Å². The maximum Gasteiger partial charge on any atom is 0.669 e. The van der Waals surface area contributed by atoms with Crippen molar-refractivity contribution in [1.82, 2.24) is 4.90 Å². The summed E-state index contributed by atoms with van der Waals surface area (Å²) in [5, 5.41) is 10.4.